The fourth-order valence-corrected chi connectivity index (χ4v) is 3.12. The zero-order valence-electron chi connectivity index (χ0n) is 11.0. The van der Waals surface area contributed by atoms with Crippen LogP contribution in [0.25, 0.3) is 0 Å². The van der Waals surface area contributed by atoms with Gasteiger partial charge in [-0.25, -0.2) is 13.1 Å². The van der Waals surface area contributed by atoms with E-state index in [1.54, 1.807) is 6.07 Å². The van der Waals surface area contributed by atoms with Gasteiger partial charge in [-0.15, -0.1) is 11.3 Å². The lowest BCUT2D eigenvalue weighted by molar-refractivity contribution is -0.140. The number of hydrogen-bond acceptors (Lipinski definition) is 6. The predicted octanol–water partition coefficient (Wildman–Crippen LogP) is 0.0408. The maximum absolute atomic E-state index is 11.6. The van der Waals surface area contributed by atoms with Gasteiger partial charge in [0.2, 0.25) is 10.0 Å². The van der Waals surface area contributed by atoms with Crippen molar-refractivity contribution in [2.75, 3.05) is 19.4 Å². The third kappa shape index (κ3) is 6.16. The second-order valence-electron chi connectivity index (χ2n) is 3.74. The number of rotatable bonds is 6. The van der Waals surface area contributed by atoms with Crippen LogP contribution in [-0.2, 0) is 26.1 Å². The van der Waals surface area contributed by atoms with Crippen LogP contribution in [0, 0.1) is 11.8 Å². The van der Waals surface area contributed by atoms with Crippen molar-refractivity contribution in [2.24, 2.45) is 5.73 Å². The molecule has 0 aliphatic rings. The van der Waals surface area contributed by atoms with Crippen molar-refractivity contribution in [1.29, 1.82) is 0 Å². The Kier molecular flexibility index (Phi) is 6.67. The van der Waals surface area contributed by atoms with Gasteiger partial charge >= 0.3 is 5.97 Å². The normalized spacial score (nSPS) is 10.7. The van der Waals surface area contributed by atoms with E-state index in [1.807, 2.05) is 6.07 Å². The number of ether oxygens (including phenoxy) is 1. The molecular weight excluding hydrogens is 300 g/mol. The van der Waals surface area contributed by atoms with E-state index in [0.717, 1.165) is 9.75 Å². The molecule has 110 valence electrons. The van der Waals surface area contributed by atoms with Gasteiger partial charge in [-0.1, -0.05) is 11.8 Å². The average molecular weight is 316 g/mol. The van der Waals surface area contributed by atoms with Crippen LogP contribution in [0.4, 0.5) is 0 Å². The summed E-state index contributed by atoms with van der Waals surface area (Å²) in [5, 5.41) is 0. The van der Waals surface area contributed by atoms with Crippen molar-refractivity contribution < 1.29 is 17.9 Å². The summed E-state index contributed by atoms with van der Waals surface area (Å²) in [6, 6.07) is 3.61. The summed E-state index contributed by atoms with van der Waals surface area (Å²) in [6.07, 6.45) is -0.163. The van der Waals surface area contributed by atoms with Crippen LogP contribution in [-0.4, -0.2) is 33.8 Å². The van der Waals surface area contributed by atoms with Gasteiger partial charge in [0.1, 0.15) is 0 Å². The number of nitrogens with two attached hydrogens (primary N) is 1. The summed E-state index contributed by atoms with van der Waals surface area (Å²) in [4.78, 5) is 12.6. The van der Waals surface area contributed by atoms with Gasteiger partial charge < -0.3 is 10.5 Å². The number of sulfonamides is 1. The first-order chi connectivity index (χ1) is 9.46. The lowest BCUT2D eigenvalue weighted by Gasteiger charge is -2.04. The topological polar surface area (TPSA) is 98.5 Å². The second kappa shape index (κ2) is 8.01. The average Bonchev–Trinajstić information content (AvgIpc) is 2.88. The number of nitrogens with one attached hydrogen (secondary N) is 1. The Morgan fingerprint density at radius 2 is 2.25 bits per heavy atom. The highest BCUT2D eigenvalue weighted by Crippen LogP contribution is 2.15. The molecule has 0 radical (unpaired) electrons. The van der Waals surface area contributed by atoms with Gasteiger partial charge in [-0.05, 0) is 12.1 Å². The highest BCUT2D eigenvalue weighted by Gasteiger charge is 2.13. The highest BCUT2D eigenvalue weighted by atomic mass is 32.2. The number of carbonyl (C=O) groups excluding carboxylic acids is 1. The summed E-state index contributed by atoms with van der Waals surface area (Å²) in [6.45, 7) is 0.464. The van der Waals surface area contributed by atoms with E-state index in [1.165, 1.54) is 18.4 Å². The largest absolute Gasteiger partial charge is 0.469 e. The molecule has 8 heteroatoms. The lowest BCUT2D eigenvalue weighted by Crippen LogP contribution is -2.27. The first kappa shape index (κ1) is 16.7. The van der Waals surface area contributed by atoms with Gasteiger partial charge in [0.05, 0.1) is 30.7 Å². The number of methoxy groups -OCH3 is 1. The Bertz CT molecular complexity index is 611. The van der Waals surface area contributed by atoms with Crippen LogP contribution in [0.15, 0.2) is 12.1 Å². The summed E-state index contributed by atoms with van der Waals surface area (Å²) in [7, 11) is -2.27. The van der Waals surface area contributed by atoms with Crippen molar-refractivity contribution in [3.63, 3.8) is 0 Å². The molecule has 0 atom stereocenters. The fourth-order valence-electron chi connectivity index (χ4n) is 1.25. The molecule has 20 heavy (non-hydrogen) atoms. The molecule has 0 saturated heterocycles. The van der Waals surface area contributed by atoms with Gasteiger partial charge in [0.15, 0.2) is 0 Å². The molecule has 1 aromatic heterocycles. The summed E-state index contributed by atoms with van der Waals surface area (Å²) in [5.41, 5.74) is 5.27. The van der Waals surface area contributed by atoms with Crippen molar-refractivity contribution in [2.45, 2.75) is 13.0 Å². The lowest BCUT2D eigenvalue weighted by atomic mass is 10.4. The first-order valence-corrected chi connectivity index (χ1v) is 8.25. The standard InChI is InChI=1S/C12H16N2O4S2/c1-18-12(15)6-8-20(16,17)14-9-11-5-4-10(19-11)3-2-7-13/h4-5,14H,6-9,13H2,1H3. The number of carbonyl (C=O) groups is 1. The summed E-state index contributed by atoms with van der Waals surface area (Å²) < 4.78 is 30.1. The quantitative estimate of drug-likeness (QED) is 0.570. The maximum atomic E-state index is 11.6. The van der Waals surface area contributed by atoms with Gasteiger partial charge in [-0.2, -0.15) is 0 Å². The summed E-state index contributed by atoms with van der Waals surface area (Å²) >= 11 is 1.39. The zero-order valence-corrected chi connectivity index (χ0v) is 12.6. The van der Waals surface area contributed by atoms with Crippen molar-refractivity contribution >= 4 is 27.3 Å². The number of esters is 1. The molecule has 1 heterocycles. The van der Waals surface area contributed by atoms with Crippen LogP contribution in [0.2, 0.25) is 0 Å². The molecule has 3 N–H and O–H groups in total. The molecule has 0 unspecified atom stereocenters. The third-order valence-corrected chi connectivity index (χ3v) is 4.57. The minimum absolute atomic E-state index is 0.163. The molecule has 0 spiro atoms. The Balaban J connectivity index is 2.49. The van der Waals surface area contributed by atoms with Gasteiger partial charge in [0, 0.05) is 11.4 Å². The van der Waals surface area contributed by atoms with E-state index in [2.05, 4.69) is 21.3 Å². The van der Waals surface area contributed by atoms with Crippen molar-refractivity contribution in [3.05, 3.63) is 21.9 Å². The molecule has 0 amide bonds. The Morgan fingerprint density at radius 1 is 1.50 bits per heavy atom. The molecule has 6 nitrogen and oxygen atoms in total. The molecule has 0 aromatic carbocycles. The summed E-state index contributed by atoms with van der Waals surface area (Å²) in [5.74, 6) is 4.77. The molecule has 0 bridgehead atoms. The number of thiophene rings is 1. The van der Waals surface area contributed by atoms with E-state index in [-0.39, 0.29) is 25.3 Å². The molecule has 0 fully saturated rings. The predicted molar refractivity (Wildman–Crippen MR) is 77.5 cm³/mol. The zero-order chi connectivity index (χ0) is 15.0. The van der Waals surface area contributed by atoms with E-state index in [4.69, 9.17) is 5.73 Å². The SMILES string of the molecule is COC(=O)CCS(=O)(=O)NCc1ccc(C#CCN)s1. The number of hydrogen-bond donors (Lipinski definition) is 2. The molecule has 0 saturated carbocycles. The second-order valence-corrected chi connectivity index (χ2v) is 6.83. The van der Waals surface area contributed by atoms with Crippen LogP contribution >= 0.6 is 11.3 Å². The van der Waals surface area contributed by atoms with E-state index >= 15 is 0 Å². The molecular formula is C12H16N2O4S2. The smallest absolute Gasteiger partial charge is 0.306 e. The van der Waals surface area contributed by atoms with Crippen LogP contribution < -0.4 is 10.5 Å². The molecule has 0 aliphatic heterocycles. The Labute approximate surface area is 122 Å². The van der Waals surface area contributed by atoms with Gasteiger partial charge in [0.25, 0.3) is 0 Å². The fraction of sp³-hybridized carbons (Fsp3) is 0.417. The Hall–Kier alpha value is -1.40. The van der Waals surface area contributed by atoms with E-state index in [9.17, 15) is 13.2 Å². The van der Waals surface area contributed by atoms with Crippen LogP contribution in [0.5, 0.6) is 0 Å². The van der Waals surface area contributed by atoms with Crippen LogP contribution in [0.3, 0.4) is 0 Å². The van der Waals surface area contributed by atoms with Crippen LogP contribution in [0.1, 0.15) is 16.2 Å². The minimum atomic E-state index is -3.49. The molecule has 0 aliphatic carbocycles. The Morgan fingerprint density at radius 3 is 2.90 bits per heavy atom. The van der Waals surface area contributed by atoms with E-state index in [0.29, 0.717) is 0 Å². The first-order valence-electron chi connectivity index (χ1n) is 5.78. The van der Waals surface area contributed by atoms with E-state index < -0.39 is 16.0 Å². The molecule has 1 aromatic rings. The van der Waals surface area contributed by atoms with Crippen molar-refractivity contribution in [1.82, 2.24) is 4.72 Å². The third-order valence-electron chi connectivity index (χ3n) is 2.24. The monoisotopic (exact) mass is 316 g/mol. The van der Waals surface area contributed by atoms with Gasteiger partial charge in [-0.3, -0.25) is 4.79 Å². The van der Waals surface area contributed by atoms with Crippen molar-refractivity contribution in [3.8, 4) is 11.8 Å². The highest BCUT2D eigenvalue weighted by molar-refractivity contribution is 7.89. The maximum Gasteiger partial charge on any atom is 0.306 e. The molecule has 1 rings (SSSR count). The minimum Gasteiger partial charge on any atom is -0.469 e.